The van der Waals surface area contributed by atoms with Gasteiger partial charge in [0.25, 0.3) is 0 Å². The molecule has 0 fully saturated rings. The number of hydrogen-bond donors (Lipinski definition) is 2. The molecule has 6 nitrogen and oxygen atoms in total. The van der Waals surface area contributed by atoms with Crippen molar-refractivity contribution in [1.82, 2.24) is 15.1 Å². The molecule has 2 amide bonds. The van der Waals surface area contributed by atoms with Crippen molar-refractivity contribution in [3.63, 3.8) is 0 Å². The van der Waals surface area contributed by atoms with Crippen molar-refractivity contribution >= 4 is 12.0 Å². The van der Waals surface area contributed by atoms with E-state index in [1.54, 1.807) is 6.92 Å². The summed E-state index contributed by atoms with van der Waals surface area (Å²) in [5.74, 6) is -1.00. The summed E-state index contributed by atoms with van der Waals surface area (Å²) in [6, 6.07) is -0.320. The van der Waals surface area contributed by atoms with Crippen LogP contribution in [0.3, 0.4) is 0 Å². The van der Waals surface area contributed by atoms with E-state index < -0.39 is 11.5 Å². The standard InChI is InChI=1S/C13H27N3O3/c1-6-16(13(2,3)11(17)18)12(19)14-9-7-8-10-15(4)5/h6-10H2,1-5H3,(H,14,19)(H,17,18). The average Bonchev–Trinajstić information content (AvgIpc) is 2.28. The van der Waals surface area contributed by atoms with Gasteiger partial charge in [-0.2, -0.15) is 0 Å². The van der Waals surface area contributed by atoms with E-state index in [4.69, 9.17) is 5.11 Å². The van der Waals surface area contributed by atoms with Gasteiger partial charge in [0.15, 0.2) is 0 Å². The summed E-state index contributed by atoms with van der Waals surface area (Å²) in [5.41, 5.74) is -1.19. The summed E-state index contributed by atoms with van der Waals surface area (Å²) >= 11 is 0. The highest BCUT2D eigenvalue weighted by Gasteiger charge is 2.36. The van der Waals surface area contributed by atoms with Crippen LogP contribution < -0.4 is 5.32 Å². The lowest BCUT2D eigenvalue weighted by molar-refractivity contribution is -0.147. The molecule has 0 bridgehead atoms. The van der Waals surface area contributed by atoms with Crippen LogP contribution in [0.4, 0.5) is 4.79 Å². The topological polar surface area (TPSA) is 72.9 Å². The van der Waals surface area contributed by atoms with Gasteiger partial charge in [-0.05, 0) is 54.3 Å². The number of carboxylic acid groups (broad SMARTS) is 1. The normalized spacial score (nSPS) is 11.5. The summed E-state index contributed by atoms with van der Waals surface area (Å²) in [7, 11) is 4.01. The molecule has 0 aliphatic heterocycles. The van der Waals surface area contributed by atoms with Crippen LogP contribution in [0, 0.1) is 0 Å². The maximum Gasteiger partial charge on any atom is 0.329 e. The monoisotopic (exact) mass is 273 g/mol. The van der Waals surface area contributed by atoms with Crippen LogP contribution in [0.2, 0.25) is 0 Å². The number of carbonyl (C=O) groups is 2. The number of carbonyl (C=O) groups excluding carboxylic acids is 1. The Kier molecular flexibility index (Phi) is 7.44. The predicted molar refractivity (Wildman–Crippen MR) is 75.3 cm³/mol. The fraction of sp³-hybridized carbons (Fsp3) is 0.846. The Labute approximate surface area is 115 Å². The van der Waals surface area contributed by atoms with Crippen LogP contribution >= 0.6 is 0 Å². The molecule has 2 N–H and O–H groups in total. The summed E-state index contributed by atoms with van der Waals surface area (Å²) in [6.45, 7) is 6.75. The molecule has 0 saturated heterocycles. The van der Waals surface area contributed by atoms with E-state index in [9.17, 15) is 9.59 Å². The van der Waals surface area contributed by atoms with E-state index in [1.807, 2.05) is 14.1 Å². The Morgan fingerprint density at radius 1 is 1.21 bits per heavy atom. The highest BCUT2D eigenvalue weighted by molar-refractivity contribution is 5.85. The second-order valence-corrected chi connectivity index (χ2v) is 5.35. The first-order valence-corrected chi connectivity index (χ1v) is 6.67. The minimum Gasteiger partial charge on any atom is -0.480 e. The molecule has 0 spiro atoms. The lowest BCUT2D eigenvalue weighted by atomic mass is 10.0. The molecule has 0 rings (SSSR count). The molecule has 112 valence electrons. The largest absolute Gasteiger partial charge is 0.480 e. The quantitative estimate of drug-likeness (QED) is 0.652. The molecule has 0 radical (unpaired) electrons. The minimum atomic E-state index is -1.19. The van der Waals surface area contributed by atoms with E-state index in [-0.39, 0.29) is 6.03 Å². The van der Waals surface area contributed by atoms with Gasteiger partial charge in [-0.15, -0.1) is 0 Å². The molecule has 0 atom stereocenters. The fourth-order valence-corrected chi connectivity index (χ4v) is 1.75. The molecule has 0 aliphatic carbocycles. The Morgan fingerprint density at radius 3 is 2.21 bits per heavy atom. The second-order valence-electron chi connectivity index (χ2n) is 5.35. The van der Waals surface area contributed by atoms with Gasteiger partial charge in [0.1, 0.15) is 5.54 Å². The third kappa shape index (κ3) is 5.92. The van der Waals surface area contributed by atoms with Crippen molar-refractivity contribution in [2.75, 3.05) is 33.7 Å². The molecule has 0 aromatic carbocycles. The molecule has 0 unspecified atom stereocenters. The smallest absolute Gasteiger partial charge is 0.329 e. The summed E-state index contributed by atoms with van der Waals surface area (Å²) < 4.78 is 0. The highest BCUT2D eigenvalue weighted by atomic mass is 16.4. The zero-order valence-corrected chi connectivity index (χ0v) is 12.7. The van der Waals surface area contributed by atoms with Crippen LogP contribution in [-0.4, -0.2) is 66.2 Å². The first-order chi connectivity index (χ1) is 8.73. The van der Waals surface area contributed by atoms with Crippen molar-refractivity contribution in [2.45, 2.75) is 39.2 Å². The number of nitrogens with zero attached hydrogens (tertiary/aromatic N) is 2. The van der Waals surface area contributed by atoms with Crippen LogP contribution in [0.15, 0.2) is 0 Å². The maximum absolute atomic E-state index is 12.0. The number of aliphatic carboxylic acids is 1. The number of unbranched alkanes of at least 4 members (excludes halogenated alkanes) is 1. The Morgan fingerprint density at radius 2 is 1.79 bits per heavy atom. The second kappa shape index (κ2) is 7.99. The Balaban J connectivity index is 4.20. The van der Waals surface area contributed by atoms with E-state index in [1.165, 1.54) is 18.7 Å². The first-order valence-electron chi connectivity index (χ1n) is 6.67. The molecule has 0 aliphatic rings. The maximum atomic E-state index is 12.0. The number of carboxylic acids is 1. The van der Waals surface area contributed by atoms with Gasteiger partial charge in [-0.1, -0.05) is 0 Å². The van der Waals surface area contributed by atoms with Gasteiger partial charge in [0, 0.05) is 13.1 Å². The Bertz CT molecular complexity index is 304. The number of likely N-dealkylation sites (N-methyl/N-ethyl adjacent to an activating group) is 1. The van der Waals surface area contributed by atoms with Crippen LogP contribution in [0.25, 0.3) is 0 Å². The van der Waals surface area contributed by atoms with Crippen molar-refractivity contribution in [3.8, 4) is 0 Å². The third-order valence-corrected chi connectivity index (χ3v) is 3.07. The van der Waals surface area contributed by atoms with Gasteiger partial charge in [0.05, 0.1) is 0 Å². The highest BCUT2D eigenvalue weighted by Crippen LogP contribution is 2.14. The summed E-state index contributed by atoms with van der Waals surface area (Å²) in [5, 5.41) is 11.9. The number of nitrogens with one attached hydrogen (secondary N) is 1. The van der Waals surface area contributed by atoms with Crippen molar-refractivity contribution in [1.29, 1.82) is 0 Å². The summed E-state index contributed by atoms with van der Waals surface area (Å²) in [6.07, 6.45) is 1.89. The molecule has 19 heavy (non-hydrogen) atoms. The molecule has 0 saturated carbocycles. The number of hydrogen-bond acceptors (Lipinski definition) is 3. The Hall–Kier alpha value is -1.30. The molecule has 0 aromatic heterocycles. The van der Waals surface area contributed by atoms with E-state index in [0.29, 0.717) is 13.1 Å². The van der Waals surface area contributed by atoms with E-state index in [0.717, 1.165) is 19.4 Å². The number of urea groups is 1. The van der Waals surface area contributed by atoms with Gasteiger partial charge in [-0.3, -0.25) is 0 Å². The van der Waals surface area contributed by atoms with Gasteiger partial charge < -0.3 is 20.2 Å². The van der Waals surface area contributed by atoms with Crippen LogP contribution in [-0.2, 0) is 4.79 Å². The fourth-order valence-electron chi connectivity index (χ4n) is 1.75. The minimum absolute atomic E-state index is 0.320. The summed E-state index contributed by atoms with van der Waals surface area (Å²) in [4.78, 5) is 26.5. The van der Waals surface area contributed by atoms with Gasteiger partial charge >= 0.3 is 12.0 Å². The zero-order valence-electron chi connectivity index (χ0n) is 12.7. The first kappa shape index (κ1) is 17.7. The third-order valence-electron chi connectivity index (χ3n) is 3.07. The van der Waals surface area contributed by atoms with Crippen LogP contribution in [0.5, 0.6) is 0 Å². The average molecular weight is 273 g/mol. The van der Waals surface area contributed by atoms with E-state index in [2.05, 4.69) is 10.2 Å². The number of amides is 2. The number of rotatable bonds is 8. The lowest BCUT2D eigenvalue weighted by Crippen LogP contribution is -2.56. The van der Waals surface area contributed by atoms with Crippen molar-refractivity contribution in [3.05, 3.63) is 0 Å². The predicted octanol–water partition coefficient (Wildman–Crippen LogP) is 1.22. The molecular weight excluding hydrogens is 246 g/mol. The molecular formula is C13H27N3O3. The zero-order chi connectivity index (χ0) is 15.1. The molecule has 0 aromatic rings. The van der Waals surface area contributed by atoms with Crippen molar-refractivity contribution in [2.24, 2.45) is 0 Å². The van der Waals surface area contributed by atoms with Gasteiger partial charge in [0.2, 0.25) is 0 Å². The molecule has 6 heteroatoms. The van der Waals surface area contributed by atoms with E-state index >= 15 is 0 Å². The van der Waals surface area contributed by atoms with Crippen molar-refractivity contribution < 1.29 is 14.7 Å². The van der Waals surface area contributed by atoms with Gasteiger partial charge in [-0.25, -0.2) is 9.59 Å². The van der Waals surface area contributed by atoms with Crippen LogP contribution in [0.1, 0.15) is 33.6 Å². The lowest BCUT2D eigenvalue weighted by Gasteiger charge is -2.34. The molecule has 0 heterocycles. The SMILES string of the molecule is CCN(C(=O)NCCCCN(C)C)C(C)(C)C(=O)O.